The van der Waals surface area contributed by atoms with E-state index in [2.05, 4.69) is 11.6 Å². The number of rotatable bonds is 5. The molecule has 1 N–H and O–H groups in total. The topological polar surface area (TPSA) is 46.2 Å². The smallest absolute Gasteiger partial charge is 0.207 e. The molecule has 0 aromatic heterocycles. The summed E-state index contributed by atoms with van der Waals surface area (Å²) in [6, 6.07) is 23.8. The van der Waals surface area contributed by atoms with Crippen molar-refractivity contribution in [2.75, 3.05) is 0 Å². The molecular weight excluding hydrogens is 330 g/mol. The van der Waals surface area contributed by atoms with Gasteiger partial charge < -0.3 is 0 Å². The summed E-state index contributed by atoms with van der Waals surface area (Å²) in [5, 5.41) is 0. The van der Waals surface area contributed by atoms with Crippen molar-refractivity contribution >= 4 is 10.0 Å². The van der Waals surface area contributed by atoms with E-state index in [9.17, 15) is 8.42 Å². The van der Waals surface area contributed by atoms with Crippen molar-refractivity contribution in [1.82, 2.24) is 4.72 Å². The van der Waals surface area contributed by atoms with Crippen LogP contribution in [0, 0.1) is 13.8 Å². The Balaban J connectivity index is 1.92. The van der Waals surface area contributed by atoms with Crippen LogP contribution in [-0.4, -0.2) is 8.42 Å². The monoisotopic (exact) mass is 350 g/mol. The fourth-order valence-electron chi connectivity index (χ4n) is 2.72. The van der Waals surface area contributed by atoms with Gasteiger partial charge in [0, 0.05) is 6.04 Å². The quantitative estimate of drug-likeness (QED) is 0.735. The van der Waals surface area contributed by atoms with E-state index < -0.39 is 16.1 Å². The van der Waals surface area contributed by atoms with Crippen molar-refractivity contribution in [3.05, 3.63) is 96.9 Å². The van der Waals surface area contributed by atoms with Gasteiger partial charge in [0.15, 0.2) is 0 Å². The third kappa shape index (κ3) is 3.98. The Bertz CT molecular complexity index is 949. The molecule has 1 radical (unpaired) electrons. The summed E-state index contributed by atoms with van der Waals surface area (Å²) in [5.74, 6) is 0. The number of aryl methyl sites for hydroxylation is 1. The zero-order valence-corrected chi connectivity index (χ0v) is 14.8. The van der Waals surface area contributed by atoms with Crippen LogP contribution in [0.1, 0.15) is 17.2 Å². The van der Waals surface area contributed by atoms with Crippen molar-refractivity contribution in [3.63, 3.8) is 0 Å². The largest absolute Gasteiger partial charge is 0.241 e. The van der Waals surface area contributed by atoms with Crippen LogP contribution in [0.3, 0.4) is 0 Å². The first-order valence-electron chi connectivity index (χ1n) is 8.04. The van der Waals surface area contributed by atoms with Gasteiger partial charge in [-0.15, -0.1) is 0 Å². The SMILES string of the molecule is [CH2]C(NS(=O)(=O)c1ccc(C)cc1)c1ccccc1-c1ccccc1. The standard InChI is InChI=1S/C21H20NO2S/c1-16-12-14-19(15-13-16)25(23,24)22-17(2)20-10-6-7-11-21(20)18-8-4-3-5-9-18/h3-15,17,22H,2H2,1H3. The molecule has 0 fully saturated rings. The summed E-state index contributed by atoms with van der Waals surface area (Å²) < 4.78 is 27.9. The minimum atomic E-state index is -3.64. The molecule has 3 rings (SSSR count). The van der Waals surface area contributed by atoms with Crippen LogP contribution in [-0.2, 0) is 10.0 Å². The van der Waals surface area contributed by atoms with Gasteiger partial charge in [-0.05, 0) is 42.7 Å². The van der Waals surface area contributed by atoms with E-state index in [1.807, 2.05) is 61.5 Å². The highest BCUT2D eigenvalue weighted by atomic mass is 32.2. The third-order valence-corrected chi connectivity index (χ3v) is 5.54. The van der Waals surface area contributed by atoms with Crippen LogP contribution < -0.4 is 4.72 Å². The highest BCUT2D eigenvalue weighted by Crippen LogP contribution is 2.28. The summed E-state index contributed by atoms with van der Waals surface area (Å²) >= 11 is 0. The Morgan fingerprint density at radius 3 is 2.12 bits per heavy atom. The van der Waals surface area contributed by atoms with Gasteiger partial charge in [0.2, 0.25) is 10.0 Å². The third-order valence-electron chi connectivity index (χ3n) is 4.05. The molecule has 0 bridgehead atoms. The van der Waals surface area contributed by atoms with E-state index >= 15 is 0 Å². The van der Waals surface area contributed by atoms with Crippen molar-refractivity contribution in [3.8, 4) is 11.1 Å². The molecule has 0 saturated heterocycles. The molecule has 25 heavy (non-hydrogen) atoms. The fourth-order valence-corrected chi connectivity index (χ4v) is 3.85. The Kier molecular flexibility index (Phi) is 5.02. The summed E-state index contributed by atoms with van der Waals surface area (Å²) in [6.45, 7) is 5.95. The van der Waals surface area contributed by atoms with Gasteiger partial charge in [-0.1, -0.05) is 72.3 Å². The Labute approximate surface area is 149 Å². The van der Waals surface area contributed by atoms with E-state index in [-0.39, 0.29) is 4.90 Å². The van der Waals surface area contributed by atoms with Crippen LogP contribution in [0.2, 0.25) is 0 Å². The summed E-state index contributed by atoms with van der Waals surface area (Å²) in [6.07, 6.45) is 0. The maximum Gasteiger partial charge on any atom is 0.241 e. The van der Waals surface area contributed by atoms with Gasteiger partial charge in [-0.3, -0.25) is 0 Å². The van der Waals surface area contributed by atoms with Gasteiger partial charge in [-0.2, -0.15) is 0 Å². The van der Waals surface area contributed by atoms with Gasteiger partial charge in [0.25, 0.3) is 0 Å². The van der Waals surface area contributed by atoms with Gasteiger partial charge in [0.05, 0.1) is 4.90 Å². The highest BCUT2D eigenvalue weighted by Gasteiger charge is 2.20. The van der Waals surface area contributed by atoms with E-state index in [1.165, 1.54) is 0 Å². The lowest BCUT2D eigenvalue weighted by molar-refractivity contribution is 0.574. The summed E-state index contributed by atoms with van der Waals surface area (Å²) in [5.41, 5.74) is 3.85. The number of sulfonamides is 1. The van der Waals surface area contributed by atoms with Crippen molar-refractivity contribution in [2.24, 2.45) is 0 Å². The van der Waals surface area contributed by atoms with E-state index in [1.54, 1.807) is 24.3 Å². The number of hydrogen-bond acceptors (Lipinski definition) is 2. The van der Waals surface area contributed by atoms with Gasteiger partial charge in [0.1, 0.15) is 0 Å². The number of nitrogens with one attached hydrogen (secondary N) is 1. The van der Waals surface area contributed by atoms with Crippen molar-refractivity contribution in [1.29, 1.82) is 0 Å². The van der Waals surface area contributed by atoms with Crippen LogP contribution >= 0.6 is 0 Å². The molecule has 3 nitrogen and oxygen atoms in total. The molecule has 0 amide bonds. The molecule has 0 aliphatic carbocycles. The van der Waals surface area contributed by atoms with E-state index in [0.29, 0.717) is 0 Å². The molecule has 1 atom stereocenters. The number of hydrogen-bond donors (Lipinski definition) is 1. The zero-order valence-electron chi connectivity index (χ0n) is 14.0. The molecule has 3 aromatic rings. The lowest BCUT2D eigenvalue weighted by Gasteiger charge is -2.18. The molecule has 127 valence electrons. The Hall–Kier alpha value is -2.43. The van der Waals surface area contributed by atoms with Crippen molar-refractivity contribution in [2.45, 2.75) is 17.9 Å². The second kappa shape index (κ2) is 7.21. The minimum Gasteiger partial charge on any atom is -0.207 e. The first kappa shape index (κ1) is 17.4. The molecule has 0 aliphatic heterocycles. The predicted octanol–water partition coefficient (Wildman–Crippen LogP) is 4.52. The van der Waals surface area contributed by atoms with Crippen LogP contribution in [0.15, 0.2) is 83.8 Å². The molecule has 0 heterocycles. The summed E-state index contributed by atoms with van der Waals surface area (Å²) in [7, 11) is -3.64. The van der Waals surface area contributed by atoms with Crippen LogP contribution in [0.25, 0.3) is 11.1 Å². The van der Waals surface area contributed by atoms with E-state index in [4.69, 9.17) is 0 Å². The maximum atomic E-state index is 12.6. The van der Waals surface area contributed by atoms with Gasteiger partial charge >= 0.3 is 0 Å². The molecule has 0 aliphatic rings. The van der Waals surface area contributed by atoms with Crippen molar-refractivity contribution < 1.29 is 8.42 Å². The maximum absolute atomic E-state index is 12.6. The molecule has 4 heteroatoms. The second-order valence-corrected chi connectivity index (χ2v) is 7.65. The first-order valence-corrected chi connectivity index (χ1v) is 9.52. The lowest BCUT2D eigenvalue weighted by Crippen LogP contribution is -2.27. The zero-order chi connectivity index (χ0) is 17.9. The number of benzene rings is 3. The van der Waals surface area contributed by atoms with Gasteiger partial charge in [-0.25, -0.2) is 13.1 Å². The molecular formula is C21H20NO2S. The second-order valence-electron chi connectivity index (χ2n) is 5.94. The van der Waals surface area contributed by atoms with Crippen LogP contribution in [0.5, 0.6) is 0 Å². The first-order chi connectivity index (χ1) is 12.0. The fraction of sp³-hybridized carbons (Fsp3) is 0.0952. The van der Waals surface area contributed by atoms with E-state index in [0.717, 1.165) is 22.3 Å². The minimum absolute atomic E-state index is 0.240. The average molecular weight is 350 g/mol. The summed E-state index contributed by atoms with van der Waals surface area (Å²) in [4.78, 5) is 0.240. The molecule has 0 spiro atoms. The normalized spacial score (nSPS) is 12.7. The average Bonchev–Trinajstić information content (AvgIpc) is 2.62. The Morgan fingerprint density at radius 2 is 1.44 bits per heavy atom. The molecule has 1 unspecified atom stereocenters. The Morgan fingerprint density at radius 1 is 0.840 bits per heavy atom. The lowest BCUT2D eigenvalue weighted by atomic mass is 9.96. The molecule has 0 saturated carbocycles. The predicted molar refractivity (Wildman–Crippen MR) is 101 cm³/mol. The highest BCUT2D eigenvalue weighted by molar-refractivity contribution is 7.89. The van der Waals surface area contributed by atoms with Crippen LogP contribution in [0.4, 0.5) is 0 Å². The molecule has 3 aromatic carbocycles.